The van der Waals surface area contributed by atoms with Crippen molar-refractivity contribution in [2.24, 2.45) is 0 Å². The molecule has 4 nitrogen and oxygen atoms in total. The number of aliphatic hydroxyl groups is 1. The normalized spacial score (nSPS) is 13.8. The van der Waals surface area contributed by atoms with Gasteiger partial charge in [0.1, 0.15) is 5.69 Å². The molecule has 0 aliphatic rings. The van der Waals surface area contributed by atoms with Gasteiger partial charge in [-0.3, -0.25) is 4.79 Å². The highest BCUT2D eigenvalue weighted by Crippen LogP contribution is 2.20. The van der Waals surface area contributed by atoms with Crippen molar-refractivity contribution in [3.05, 3.63) is 23.0 Å². The van der Waals surface area contributed by atoms with E-state index in [1.165, 1.54) is 0 Å². The number of hydrogen-bond acceptors (Lipinski definition) is 2. The zero-order chi connectivity index (χ0) is 14.1. The van der Waals surface area contributed by atoms with E-state index < -0.39 is 11.6 Å². The first kappa shape index (κ1) is 15.1. The van der Waals surface area contributed by atoms with Crippen molar-refractivity contribution in [1.82, 2.24) is 9.88 Å². The fourth-order valence-electron chi connectivity index (χ4n) is 1.52. The molecule has 102 valence electrons. The Hall–Kier alpha value is -1.00. The van der Waals surface area contributed by atoms with Gasteiger partial charge in [0, 0.05) is 12.2 Å². The molecule has 1 atom stereocenters. The Bertz CT molecular complexity index is 436. The SMILES string of the molecule is CC(C)n1cc(Cl)cc1C(=O)NC(C)(C)C(C)O. The van der Waals surface area contributed by atoms with Gasteiger partial charge in [-0.1, -0.05) is 11.6 Å². The minimum Gasteiger partial charge on any atom is -0.391 e. The third-order valence-corrected chi connectivity index (χ3v) is 3.29. The van der Waals surface area contributed by atoms with Gasteiger partial charge < -0.3 is 15.0 Å². The van der Waals surface area contributed by atoms with E-state index >= 15 is 0 Å². The van der Waals surface area contributed by atoms with Crippen LogP contribution in [0.1, 0.15) is 51.1 Å². The Morgan fingerprint density at radius 2 is 2.00 bits per heavy atom. The Morgan fingerprint density at radius 3 is 2.44 bits per heavy atom. The number of nitrogens with one attached hydrogen (secondary N) is 1. The lowest BCUT2D eigenvalue weighted by Crippen LogP contribution is -2.51. The van der Waals surface area contributed by atoms with Crippen LogP contribution in [0.15, 0.2) is 12.3 Å². The zero-order valence-electron chi connectivity index (χ0n) is 11.5. The Kier molecular flexibility index (Phi) is 4.46. The highest BCUT2D eigenvalue weighted by Gasteiger charge is 2.28. The molecule has 0 bridgehead atoms. The highest BCUT2D eigenvalue weighted by molar-refractivity contribution is 6.31. The average Bonchev–Trinajstić information content (AvgIpc) is 2.59. The van der Waals surface area contributed by atoms with Gasteiger partial charge in [-0.25, -0.2) is 0 Å². The number of rotatable bonds is 4. The van der Waals surface area contributed by atoms with E-state index in [1.54, 1.807) is 33.0 Å². The first-order valence-corrected chi connectivity index (χ1v) is 6.41. The molecule has 0 fully saturated rings. The number of nitrogens with zero attached hydrogens (tertiary/aromatic N) is 1. The summed E-state index contributed by atoms with van der Waals surface area (Å²) in [6, 6.07) is 1.78. The van der Waals surface area contributed by atoms with E-state index in [1.807, 2.05) is 18.4 Å². The average molecular weight is 273 g/mol. The van der Waals surface area contributed by atoms with Crippen LogP contribution >= 0.6 is 11.6 Å². The molecule has 1 rings (SSSR count). The summed E-state index contributed by atoms with van der Waals surface area (Å²) >= 11 is 5.94. The standard InChI is InChI=1S/C13H21ClN2O2/c1-8(2)16-7-10(14)6-11(16)12(18)15-13(4,5)9(3)17/h6-9,17H,1-5H3,(H,15,18). The molecule has 0 saturated heterocycles. The van der Waals surface area contributed by atoms with Crippen molar-refractivity contribution < 1.29 is 9.90 Å². The quantitative estimate of drug-likeness (QED) is 0.885. The molecular weight excluding hydrogens is 252 g/mol. The maximum absolute atomic E-state index is 12.2. The largest absolute Gasteiger partial charge is 0.391 e. The summed E-state index contributed by atoms with van der Waals surface area (Å²) in [4.78, 5) is 12.2. The van der Waals surface area contributed by atoms with E-state index in [2.05, 4.69) is 5.32 Å². The minimum atomic E-state index is -0.685. The molecule has 0 saturated carbocycles. The second-order valence-electron chi connectivity index (χ2n) is 5.40. The number of hydrogen-bond donors (Lipinski definition) is 2. The van der Waals surface area contributed by atoms with Gasteiger partial charge in [-0.15, -0.1) is 0 Å². The van der Waals surface area contributed by atoms with E-state index in [9.17, 15) is 9.90 Å². The Morgan fingerprint density at radius 1 is 1.44 bits per heavy atom. The second kappa shape index (κ2) is 5.33. The van der Waals surface area contributed by atoms with Crippen LogP contribution in [0.5, 0.6) is 0 Å². The smallest absolute Gasteiger partial charge is 0.268 e. The molecule has 2 N–H and O–H groups in total. The van der Waals surface area contributed by atoms with Crippen LogP contribution in [0.3, 0.4) is 0 Å². The lowest BCUT2D eigenvalue weighted by molar-refractivity contribution is 0.0701. The van der Waals surface area contributed by atoms with Crippen LogP contribution in [-0.2, 0) is 0 Å². The van der Waals surface area contributed by atoms with E-state index in [4.69, 9.17) is 11.6 Å². The molecule has 1 amide bonds. The van der Waals surface area contributed by atoms with Crippen molar-refractivity contribution in [3.63, 3.8) is 0 Å². The number of halogens is 1. The summed E-state index contributed by atoms with van der Waals surface area (Å²) < 4.78 is 1.82. The van der Waals surface area contributed by atoms with Crippen LogP contribution in [0.2, 0.25) is 5.02 Å². The van der Waals surface area contributed by atoms with Gasteiger partial charge >= 0.3 is 0 Å². The van der Waals surface area contributed by atoms with Gasteiger partial charge in [0.05, 0.1) is 16.7 Å². The van der Waals surface area contributed by atoms with Gasteiger partial charge in [-0.2, -0.15) is 0 Å². The van der Waals surface area contributed by atoms with Crippen LogP contribution in [0.25, 0.3) is 0 Å². The first-order valence-electron chi connectivity index (χ1n) is 6.03. The molecule has 0 radical (unpaired) electrons. The van der Waals surface area contributed by atoms with Crippen LogP contribution in [0, 0.1) is 0 Å². The maximum Gasteiger partial charge on any atom is 0.268 e. The van der Waals surface area contributed by atoms with Crippen LogP contribution in [0.4, 0.5) is 0 Å². The van der Waals surface area contributed by atoms with E-state index in [0.717, 1.165) is 0 Å². The predicted octanol–water partition coefficient (Wildman–Crippen LogP) is 2.61. The molecule has 0 aliphatic heterocycles. The van der Waals surface area contributed by atoms with Crippen LogP contribution in [-0.4, -0.2) is 27.2 Å². The molecule has 1 aromatic rings. The van der Waals surface area contributed by atoms with E-state index in [-0.39, 0.29) is 11.9 Å². The molecule has 0 aliphatic carbocycles. The first-order chi connectivity index (χ1) is 8.15. The van der Waals surface area contributed by atoms with Crippen molar-refractivity contribution >= 4 is 17.5 Å². The molecule has 1 aromatic heterocycles. The monoisotopic (exact) mass is 272 g/mol. The Labute approximate surface area is 113 Å². The molecule has 1 heterocycles. The fraction of sp³-hybridized carbons (Fsp3) is 0.615. The zero-order valence-corrected chi connectivity index (χ0v) is 12.2. The van der Waals surface area contributed by atoms with Crippen molar-refractivity contribution in [2.45, 2.75) is 52.3 Å². The minimum absolute atomic E-state index is 0.146. The summed E-state index contributed by atoms with van der Waals surface area (Å²) in [6.45, 7) is 9.16. The van der Waals surface area contributed by atoms with Gasteiger partial charge in [-0.05, 0) is 40.7 Å². The fourth-order valence-corrected chi connectivity index (χ4v) is 1.72. The predicted molar refractivity (Wildman–Crippen MR) is 73.1 cm³/mol. The van der Waals surface area contributed by atoms with Crippen molar-refractivity contribution in [2.75, 3.05) is 0 Å². The molecule has 0 aromatic carbocycles. The summed E-state index contributed by atoms with van der Waals surface area (Å²) in [5.41, 5.74) is -0.181. The number of carbonyl (C=O) groups is 1. The summed E-state index contributed by atoms with van der Waals surface area (Å²) in [5.74, 6) is -0.235. The molecule has 5 heteroatoms. The Balaban J connectivity index is 2.98. The second-order valence-corrected chi connectivity index (χ2v) is 5.83. The van der Waals surface area contributed by atoms with E-state index in [0.29, 0.717) is 10.7 Å². The van der Waals surface area contributed by atoms with Crippen molar-refractivity contribution in [3.8, 4) is 0 Å². The van der Waals surface area contributed by atoms with Gasteiger partial charge in [0.25, 0.3) is 5.91 Å². The van der Waals surface area contributed by atoms with Gasteiger partial charge in [0.2, 0.25) is 0 Å². The summed E-state index contributed by atoms with van der Waals surface area (Å²) in [5, 5.41) is 13.0. The maximum atomic E-state index is 12.2. The van der Waals surface area contributed by atoms with Crippen molar-refractivity contribution in [1.29, 1.82) is 0 Å². The molecule has 1 unspecified atom stereocenters. The third kappa shape index (κ3) is 3.27. The summed E-state index contributed by atoms with van der Waals surface area (Å²) in [6.07, 6.45) is 1.09. The molecule has 18 heavy (non-hydrogen) atoms. The molecule has 0 spiro atoms. The number of carbonyl (C=O) groups excluding carboxylic acids is 1. The highest BCUT2D eigenvalue weighted by atomic mass is 35.5. The van der Waals surface area contributed by atoms with Gasteiger partial charge in [0.15, 0.2) is 0 Å². The summed E-state index contributed by atoms with van der Waals surface area (Å²) in [7, 11) is 0. The number of aliphatic hydroxyl groups excluding tert-OH is 1. The number of aromatic nitrogens is 1. The third-order valence-electron chi connectivity index (χ3n) is 3.08. The lowest BCUT2D eigenvalue weighted by Gasteiger charge is -2.29. The topological polar surface area (TPSA) is 54.3 Å². The number of amides is 1. The van der Waals surface area contributed by atoms with Crippen LogP contribution < -0.4 is 5.32 Å². The molecular formula is C13H21ClN2O2. The lowest BCUT2D eigenvalue weighted by atomic mass is 9.98.